The Hall–Kier alpha value is -3.40. The average molecular weight is 416 g/mol. The predicted octanol–water partition coefficient (Wildman–Crippen LogP) is 5.26. The Kier molecular flexibility index (Phi) is 7.99. The smallest absolute Gasteiger partial charge is 0.305 e. The fourth-order valence-corrected chi connectivity index (χ4v) is 3.65. The van der Waals surface area contributed by atoms with E-state index in [0.29, 0.717) is 32.4 Å². The predicted molar refractivity (Wildman–Crippen MR) is 126 cm³/mol. The molecule has 1 aromatic heterocycles. The molecule has 0 radical (unpaired) electrons. The summed E-state index contributed by atoms with van der Waals surface area (Å²) in [5, 5.41) is 0. The van der Waals surface area contributed by atoms with Crippen LogP contribution < -0.4 is 5.56 Å². The van der Waals surface area contributed by atoms with Crippen LogP contribution in [0.4, 0.5) is 0 Å². The zero-order valence-corrected chi connectivity index (χ0v) is 18.2. The van der Waals surface area contributed by atoms with Gasteiger partial charge in [-0.2, -0.15) is 0 Å². The molecule has 0 amide bonds. The van der Waals surface area contributed by atoms with Crippen LogP contribution in [0.5, 0.6) is 0 Å². The van der Waals surface area contributed by atoms with Crippen LogP contribution in [0, 0.1) is 6.92 Å². The third-order valence-electron chi connectivity index (χ3n) is 5.17. The summed E-state index contributed by atoms with van der Waals surface area (Å²) < 4.78 is 6.80. The van der Waals surface area contributed by atoms with Gasteiger partial charge in [-0.1, -0.05) is 72.8 Å². The molecule has 0 unspecified atom stereocenters. The van der Waals surface area contributed by atoms with E-state index in [2.05, 4.69) is 0 Å². The van der Waals surface area contributed by atoms with Crippen molar-refractivity contribution in [2.75, 3.05) is 6.61 Å². The molecule has 3 aromatic rings. The Balaban J connectivity index is 1.93. The van der Waals surface area contributed by atoms with Gasteiger partial charge < -0.3 is 9.30 Å². The number of carbonyl (C=O) groups is 1. The molecule has 0 aliphatic carbocycles. The van der Waals surface area contributed by atoms with Gasteiger partial charge in [-0.15, -0.1) is 0 Å². The highest BCUT2D eigenvalue weighted by atomic mass is 16.5. The molecule has 0 atom stereocenters. The zero-order valence-electron chi connectivity index (χ0n) is 18.2. The van der Waals surface area contributed by atoms with Crippen LogP contribution in [-0.2, 0) is 22.5 Å². The maximum Gasteiger partial charge on any atom is 0.305 e. The number of carbonyl (C=O) groups excluding carboxylic acids is 1. The van der Waals surface area contributed by atoms with Gasteiger partial charge in [0.15, 0.2) is 0 Å². The van der Waals surface area contributed by atoms with Gasteiger partial charge in [0, 0.05) is 18.2 Å². The molecule has 0 fully saturated rings. The maximum atomic E-state index is 13.4. The number of rotatable bonds is 9. The van der Waals surface area contributed by atoms with E-state index < -0.39 is 0 Å². The van der Waals surface area contributed by atoms with Crippen molar-refractivity contribution < 1.29 is 9.53 Å². The lowest BCUT2D eigenvalue weighted by Crippen LogP contribution is -2.26. The minimum atomic E-state index is -0.221. The molecule has 0 aliphatic rings. The van der Waals surface area contributed by atoms with Crippen molar-refractivity contribution >= 4 is 18.1 Å². The molecule has 0 spiro atoms. The van der Waals surface area contributed by atoms with Crippen LogP contribution in [0.1, 0.15) is 47.6 Å². The first-order valence-electron chi connectivity index (χ1n) is 10.7. The van der Waals surface area contributed by atoms with Gasteiger partial charge in [0.1, 0.15) is 0 Å². The number of pyridine rings is 1. The Labute approximate surface area is 183 Å². The quantitative estimate of drug-likeness (QED) is 0.448. The molecule has 2 aromatic carbocycles. The standard InChI is InChI=1S/C27H29NO3/c1-3-31-26(29)16-10-15-25-24(18-17-22-11-6-4-7-12-22)21(2)19-28(27(25)30)20-23-13-8-5-9-14-23/h4-9,11-14,17-19H,3,10,15-16,20H2,1-2H3/b18-17+. The summed E-state index contributed by atoms with van der Waals surface area (Å²) in [7, 11) is 0. The molecule has 4 nitrogen and oxygen atoms in total. The van der Waals surface area contributed by atoms with E-state index in [0.717, 1.165) is 27.8 Å². The molecular formula is C27H29NO3. The summed E-state index contributed by atoms with van der Waals surface area (Å²) in [5.41, 5.74) is 4.86. The van der Waals surface area contributed by atoms with E-state index >= 15 is 0 Å². The Morgan fingerprint density at radius 2 is 1.68 bits per heavy atom. The highest BCUT2D eigenvalue weighted by Crippen LogP contribution is 2.18. The maximum absolute atomic E-state index is 13.4. The van der Waals surface area contributed by atoms with E-state index in [1.54, 1.807) is 11.5 Å². The summed E-state index contributed by atoms with van der Waals surface area (Å²) >= 11 is 0. The van der Waals surface area contributed by atoms with Crippen LogP contribution in [0.25, 0.3) is 12.2 Å². The number of aryl methyl sites for hydroxylation is 1. The first-order valence-corrected chi connectivity index (χ1v) is 10.7. The van der Waals surface area contributed by atoms with Crippen LogP contribution in [0.2, 0.25) is 0 Å². The summed E-state index contributed by atoms with van der Waals surface area (Å²) in [5.74, 6) is -0.221. The summed E-state index contributed by atoms with van der Waals surface area (Å²) in [6, 6.07) is 20.0. The van der Waals surface area contributed by atoms with E-state index in [1.165, 1.54) is 0 Å². The topological polar surface area (TPSA) is 48.3 Å². The minimum absolute atomic E-state index is 0.00831. The summed E-state index contributed by atoms with van der Waals surface area (Å²) in [6.45, 7) is 4.72. The van der Waals surface area contributed by atoms with Crippen LogP contribution >= 0.6 is 0 Å². The molecule has 0 saturated carbocycles. The molecule has 0 N–H and O–H groups in total. The van der Waals surface area contributed by atoms with Crippen molar-refractivity contribution in [1.82, 2.24) is 4.57 Å². The number of hydrogen-bond donors (Lipinski definition) is 0. The molecular weight excluding hydrogens is 386 g/mol. The van der Waals surface area contributed by atoms with Crippen molar-refractivity contribution in [3.8, 4) is 0 Å². The zero-order chi connectivity index (χ0) is 22.1. The monoisotopic (exact) mass is 415 g/mol. The van der Waals surface area contributed by atoms with Gasteiger partial charge in [0.2, 0.25) is 0 Å². The number of ether oxygens (including phenoxy) is 1. The SMILES string of the molecule is CCOC(=O)CCCc1c(/C=C/c2ccccc2)c(C)cn(Cc2ccccc2)c1=O. The highest BCUT2D eigenvalue weighted by molar-refractivity contribution is 5.73. The van der Waals surface area contributed by atoms with Crippen molar-refractivity contribution in [2.24, 2.45) is 0 Å². The largest absolute Gasteiger partial charge is 0.466 e. The van der Waals surface area contributed by atoms with E-state index in [1.807, 2.05) is 85.9 Å². The molecule has 31 heavy (non-hydrogen) atoms. The van der Waals surface area contributed by atoms with Crippen LogP contribution in [0.3, 0.4) is 0 Å². The molecule has 0 aliphatic heterocycles. The number of nitrogens with zero attached hydrogens (tertiary/aromatic N) is 1. The third-order valence-corrected chi connectivity index (χ3v) is 5.17. The Bertz CT molecular complexity index is 1080. The first-order chi connectivity index (χ1) is 15.1. The van der Waals surface area contributed by atoms with Crippen LogP contribution in [-0.4, -0.2) is 17.1 Å². The van der Waals surface area contributed by atoms with Gasteiger partial charge in [-0.3, -0.25) is 9.59 Å². The van der Waals surface area contributed by atoms with Crippen molar-refractivity contribution in [3.63, 3.8) is 0 Å². The Morgan fingerprint density at radius 3 is 2.35 bits per heavy atom. The molecule has 1 heterocycles. The second-order valence-corrected chi connectivity index (χ2v) is 7.53. The minimum Gasteiger partial charge on any atom is -0.466 e. The molecule has 3 rings (SSSR count). The Morgan fingerprint density at radius 1 is 1.00 bits per heavy atom. The van der Waals surface area contributed by atoms with Gasteiger partial charge in [-0.25, -0.2) is 0 Å². The molecule has 0 bridgehead atoms. The lowest BCUT2D eigenvalue weighted by molar-refractivity contribution is -0.143. The molecule has 160 valence electrons. The fraction of sp³-hybridized carbons (Fsp3) is 0.259. The molecule has 4 heteroatoms. The summed E-state index contributed by atoms with van der Waals surface area (Å²) in [4.78, 5) is 25.1. The van der Waals surface area contributed by atoms with Gasteiger partial charge >= 0.3 is 5.97 Å². The lowest BCUT2D eigenvalue weighted by Gasteiger charge is -2.14. The first kappa shape index (κ1) is 22.3. The summed E-state index contributed by atoms with van der Waals surface area (Å²) in [6.07, 6.45) is 7.38. The molecule has 0 saturated heterocycles. The normalized spacial score (nSPS) is 11.0. The second-order valence-electron chi connectivity index (χ2n) is 7.53. The van der Waals surface area contributed by atoms with Gasteiger partial charge in [-0.05, 0) is 48.9 Å². The van der Waals surface area contributed by atoms with Gasteiger partial charge in [0.05, 0.1) is 13.2 Å². The number of benzene rings is 2. The van der Waals surface area contributed by atoms with Crippen molar-refractivity contribution in [2.45, 2.75) is 39.7 Å². The van der Waals surface area contributed by atoms with E-state index in [4.69, 9.17) is 4.74 Å². The van der Waals surface area contributed by atoms with E-state index in [9.17, 15) is 9.59 Å². The van der Waals surface area contributed by atoms with Gasteiger partial charge in [0.25, 0.3) is 5.56 Å². The van der Waals surface area contributed by atoms with Crippen molar-refractivity contribution in [1.29, 1.82) is 0 Å². The van der Waals surface area contributed by atoms with Crippen LogP contribution in [0.15, 0.2) is 71.7 Å². The number of esters is 1. The second kappa shape index (κ2) is 11.1. The highest BCUT2D eigenvalue weighted by Gasteiger charge is 2.13. The number of hydrogen-bond acceptors (Lipinski definition) is 3. The number of aromatic nitrogens is 1. The third kappa shape index (κ3) is 6.29. The lowest BCUT2D eigenvalue weighted by atomic mass is 9.98. The van der Waals surface area contributed by atoms with Crippen molar-refractivity contribution in [3.05, 3.63) is 105 Å². The van der Waals surface area contributed by atoms with E-state index in [-0.39, 0.29) is 11.5 Å². The fourth-order valence-electron chi connectivity index (χ4n) is 3.65. The average Bonchev–Trinajstić information content (AvgIpc) is 2.78.